The first-order valence-corrected chi connectivity index (χ1v) is 8.04. The van der Waals surface area contributed by atoms with Crippen LogP contribution in [0.3, 0.4) is 0 Å². The van der Waals surface area contributed by atoms with Crippen molar-refractivity contribution in [3.8, 4) is 5.75 Å². The number of ether oxygens (including phenoxy) is 4. The van der Waals surface area contributed by atoms with Crippen LogP contribution in [-0.4, -0.2) is 42.8 Å². The van der Waals surface area contributed by atoms with Crippen LogP contribution in [0.5, 0.6) is 5.75 Å². The molecule has 0 N–H and O–H groups in total. The summed E-state index contributed by atoms with van der Waals surface area (Å²) in [6.45, 7) is 6.19. The van der Waals surface area contributed by atoms with Gasteiger partial charge in [0.15, 0.2) is 6.29 Å². The van der Waals surface area contributed by atoms with E-state index in [1.165, 1.54) is 13.8 Å². The van der Waals surface area contributed by atoms with Gasteiger partial charge in [0, 0.05) is 19.8 Å². The Morgan fingerprint density at radius 1 is 1.04 bits per heavy atom. The number of para-hydroxylation sites is 1. The van der Waals surface area contributed by atoms with Crippen molar-refractivity contribution >= 4 is 18.2 Å². The van der Waals surface area contributed by atoms with E-state index in [2.05, 4.69) is 0 Å². The molecule has 1 heterocycles. The topological polar surface area (TPSA) is 88.1 Å². The fourth-order valence-electron chi connectivity index (χ4n) is 2.72. The van der Waals surface area contributed by atoms with Crippen molar-refractivity contribution in [3.05, 3.63) is 29.8 Å². The third kappa shape index (κ3) is 4.57. The number of hydrogen-bond donors (Lipinski definition) is 0. The lowest BCUT2D eigenvalue weighted by molar-refractivity contribution is -0.263. The zero-order valence-electron chi connectivity index (χ0n) is 14.6. The Labute approximate surface area is 146 Å². The number of carbonyl (C=O) groups is 3. The van der Waals surface area contributed by atoms with Gasteiger partial charge in [-0.15, -0.1) is 0 Å². The number of aldehydes is 1. The third-order valence-corrected chi connectivity index (χ3v) is 4.09. The Hall–Kier alpha value is -2.41. The van der Waals surface area contributed by atoms with E-state index in [9.17, 15) is 14.4 Å². The number of rotatable bonds is 5. The smallest absolute Gasteiger partial charge is 0.303 e. The molecule has 1 aromatic rings. The fraction of sp³-hybridized carbons (Fsp3) is 0.500. The Morgan fingerprint density at radius 2 is 1.64 bits per heavy atom. The molecule has 0 saturated carbocycles. The Morgan fingerprint density at radius 3 is 2.24 bits per heavy atom. The number of carbonyl (C=O) groups excluding carboxylic acids is 3. The van der Waals surface area contributed by atoms with Crippen molar-refractivity contribution in [3.63, 3.8) is 0 Å². The van der Waals surface area contributed by atoms with E-state index >= 15 is 0 Å². The first kappa shape index (κ1) is 18.9. The van der Waals surface area contributed by atoms with E-state index < -0.39 is 30.4 Å². The lowest BCUT2D eigenvalue weighted by atomic mass is 9.91. The molecular weight excluding hydrogens is 328 g/mol. The average molecular weight is 350 g/mol. The van der Waals surface area contributed by atoms with Crippen LogP contribution in [0, 0.1) is 5.92 Å². The fourth-order valence-corrected chi connectivity index (χ4v) is 2.72. The molecule has 1 aliphatic rings. The molecule has 1 aliphatic heterocycles. The van der Waals surface area contributed by atoms with Crippen molar-refractivity contribution in [2.45, 2.75) is 52.3 Å². The highest BCUT2D eigenvalue weighted by atomic mass is 16.7. The second kappa shape index (κ2) is 8.11. The highest BCUT2D eigenvalue weighted by molar-refractivity contribution is 5.79. The summed E-state index contributed by atoms with van der Waals surface area (Å²) >= 11 is 0. The zero-order valence-corrected chi connectivity index (χ0v) is 14.6. The minimum Gasteiger partial charge on any atom is -0.460 e. The molecule has 2 rings (SSSR count). The van der Waals surface area contributed by atoms with Gasteiger partial charge in [-0.3, -0.25) is 14.4 Å². The van der Waals surface area contributed by atoms with Crippen LogP contribution in [0.2, 0.25) is 0 Å². The summed E-state index contributed by atoms with van der Waals surface area (Å²) < 4.78 is 22.3. The van der Waals surface area contributed by atoms with E-state index in [-0.39, 0.29) is 12.0 Å². The van der Waals surface area contributed by atoms with Crippen molar-refractivity contribution < 1.29 is 33.3 Å². The van der Waals surface area contributed by atoms with Gasteiger partial charge in [0.25, 0.3) is 0 Å². The van der Waals surface area contributed by atoms with E-state index in [4.69, 9.17) is 18.9 Å². The first-order valence-electron chi connectivity index (χ1n) is 8.04. The monoisotopic (exact) mass is 350 g/mol. The van der Waals surface area contributed by atoms with Crippen LogP contribution < -0.4 is 4.74 Å². The zero-order chi connectivity index (χ0) is 18.6. The summed E-state index contributed by atoms with van der Waals surface area (Å²) in [5.41, 5.74) is 0.336. The second-order valence-corrected chi connectivity index (χ2v) is 5.99. The molecule has 7 nitrogen and oxygen atoms in total. The molecular formula is C18H22O7. The molecule has 7 heteroatoms. The lowest BCUT2D eigenvalue weighted by Gasteiger charge is -2.43. The summed E-state index contributed by atoms with van der Waals surface area (Å²) in [4.78, 5) is 34.2. The third-order valence-electron chi connectivity index (χ3n) is 4.09. The molecule has 136 valence electrons. The minimum atomic E-state index is -1.01. The molecule has 1 fully saturated rings. The van der Waals surface area contributed by atoms with E-state index in [0.29, 0.717) is 17.6 Å². The van der Waals surface area contributed by atoms with Crippen LogP contribution >= 0.6 is 0 Å². The van der Waals surface area contributed by atoms with E-state index in [1.54, 1.807) is 24.3 Å². The minimum absolute atomic E-state index is 0.214. The van der Waals surface area contributed by atoms with Gasteiger partial charge in [-0.25, -0.2) is 0 Å². The molecule has 0 amide bonds. The van der Waals surface area contributed by atoms with Gasteiger partial charge in [-0.2, -0.15) is 0 Å². The molecule has 0 aliphatic carbocycles. The van der Waals surface area contributed by atoms with Crippen LogP contribution in [0.15, 0.2) is 24.3 Å². The van der Waals surface area contributed by atoms with Gasteiger partial charge in [-0.05, 0) is 19.1 Å². The summed E-state index contributed by atoms with van der Waals surface area (Å²) in [7, 11) is 0. The lowest BCUT2D eigenvalue weighted by Crippen LogP contribution is -2.57. The van der Waals surface area contributed by atoms with Gasteiger partial charge < -0.3 is 18.9 Å². The Balaban J connectivity index is 2.33. The molecule has 25 heavy (non-hydrogen) atoms. The van der Waals surface area contributed by atoms with Crippen LogP contribution in [-0.2, 0) is 23.8 Å². The van der Waals surface area contributed by atoms with Crippen molar-refractivity contribution in [2.75, 3.05) is 0 Å². The second-order valence-electron chi connectivity index (χ2n) is 5.99. The highest BCUT2D eigenvalue weighted by Gasteiger charge is 2.47. The number of esters is 2. The highest BCUT2D eigenvalue weighted by Crippen LogP contribution is 2.32. The van der Waals surface area contributed by atoms with E-state index in [1.807, 2.05) is 13.8 Å². The maximum Gasteiger partial charge on any atom is 0.303 e. The Bertz CT molecular complexity index is 642. The molecule has 0 unspecified atom stereocenters. The molecule has 5 atom stereocenters. The average Bonchev–Trinajstić information content (AvgIpc) is 2.55. The molecule has 1 saturated heterocycles. The number of hydrogen-bond acceptors (Lipinski definition) is 7. The van der Waals surface area contributed by atoms with Crippen LogP contribution in [0.1, 0.15) is 38.1 Å². The van der Waals surface area contributed by atoms with Crippen molar-refractivity contribution in [1.29, 1.82) is 0 Å². The van der Waals surface area contributed by atoms with Crippen LogP contribution in [0.4, 0.5) is 0 Å². The van der Waals surface area contributed by atoms with Gasteiger partial charge in [-0.1, -0.05) is 19.1 Å². The Kier molecular flexibility index (Phi) is 6.14. The first-order chi connectivity index (χ1) is 11.8. The van der Waals surface area contributed by atoms with Gasteiger partial charge >= 0.3 is 11.9 Å². The molecule has 0 bridgehead atoms. The van der Waals surface area contributed by atoms with E-state index in [0.717, 1.165) is 0 Å². The van der Waals surface area contributed by atoms with Gasteiger partial charge in [0.1, 0.15) is 11.9 Å². The van der Waals surface area contributed by atoms with Gasteiger partial charge in [0.2, 0.25) is 12.4 Å². The normalized spacial score (nSPS) is 28.7. The predicted octanol–water partition coefficient (Wildman–Crippen LogP) is 2.12. The largest absolute Gasteiger partial charge is 0.460 e. The summed E-state index contributed by atoms with van der Waals surface area (Å²) in [5, 5.41) is 0. The summed E-state index contributed by atoms with van der Waals surface area (Å²) in [6, 6.07) is 6.62. The standard InChI is InChI=1S/C18H22O7/c1-10-11(2)22-18(25-15-8-6-5-7-14(15)9-19)17(24-13(4)21)16(10)23-12(3)20/h5-11,16-18H,1-4H3/t10-,11-,16+,17-,18+/m1/s1. The van der Waals surface area contributed by atoms with Crippen molar-refractivity contribution in [2.24, 2.45) is 5.92 Å². The van der Waals surface area contributed by atoms with Gasteiger partial charge in [0.05, 0.1) is 11.7 Å². The van der Waals surface area contributed by atoms with Crippen molar-refractivity contribution in [1.82, 2.24) is 0 Å². The molecule has 1 aromatic carbocycles. The SMILES string of the molecule is CC(=O)O[C@H]1[C@H](Oc2ccccc2C=O)O[C@H](C)[C@@H](C)[C@@H]1OC(C)=O. The molecule has 0 spiro atoms. The summed E-state index contributed by atoms with van der Waals surface area (Å²) in [5.74, 6) is -0.961. The molecule has 0 aromatic heterocycles. The maximum atomic E-state index is 11.5. The van der Waals surface area contributed by atoms with Crippen LogP contribution in [0.25, 0.3) is 0 Å². The molecule has 0 radical (unpaired) electrons. The maximum absolute atomic E-state index is 11.5. The predicted molar refractivity (Wildman–Crippen MR) is 87.1 cm³/mol. The quantitative estimate of drug-likeness (QED) is 0.594. The summed E-state index contributed by atoms with van der Waals surface area (Å²) in [6.07, 6.45) is -2.34. The number of benzene rings is 1.